The molecule has 0 heterocycles. The van der Waals surface area contributed by atoms with E-state index in [1.54, 1.807) is 0 Å². The van der Waals surface area contributed by atoms with Crippen molar-refractivity contribution in [2.24, 2.45) is 5.73 Å². The molecule has 2 aromatic rings. The van der Waals surface area contributed by atoms with Gasteiger partial charge < -0.3 is 10.5 Å². The summed E-state index contributed by atoms with van der Waals surface area (Å²) in [6, 6.07) is 18.5. The lowest BCUT2D eigenvalue weighted by molar-refractivity contribution is 0.205. The Morgan fingerprint density at radius 3 is 2.11 bits per heavy atom. The number of benzene rings is 2. The molecule has 0 saturated carbocycles. The first kappa shape index (κ1) is 12.7. The predicted octanol–water partition coefficient (Wildman–Crippen LogP) is 3.47. The number of hydrogen-bond donors (Lipinski definition) is 1. The van der Waals surface area contributed by atoms with E-state index in [1.807, 2.05) is 30.3 Å². The third kappa shape index (κ3) is 3.11. The van der Waals surface area contributed by atoms with Gasteiger partial charge in [-0.25, -0.2) is 0 Å². The molecule has 2 aromatic carbocycles. The van der Waals surface area contributed by atoms with Crippen LogP contribution < -0.4 is 10.5 Å². The average molecular weight is 241 g/mol. The maximum atomic E-state index is 5.78. The summed E-state index contributed by atoms with van der Waals surface area (Å²) in [5.41, 5.74) is 8.04. The molecule has 0 aliphatic carbocycles. The van der Waals surface area contributed by atoms with E-state index in [-0.39, 0.29) is 6.10 Å². The Kier molecular flexibility index (Phi) is 4.37. The van der Waals surface area contributed by atoms with E-state index in [1.165, 1.54) is 11.1 Å². The Labute approximate surface area is 108 Å². The minimum absolute atomic E-state index is 0.104. The third-order valence-corrected chi connectivity index (χ3v) is 2.98. The zero-order valence-corrected chi connectivity index (χ0v) is 10.7. The summed E-state index contributed by atoms with van der Waals surface area (Å²) in [7, 11) is 0. The van der Waals surface area contributed by atoms with Gasteiger partial charge in [-0.15, -0.1) is 0 Å². The monoisotopic (exact) mass is 241 g/mol. The van der Waals surface area contributed by atoms with Gasteiger partial charge in [0.25, 0.3) is 0 Å². The zero-order chi connectivity index (χ0) is 12.8. The van der Waals surface area contributed by atoms with Gasteiger partial charge in [-0.3, -0.25) is 0 Å². The first-order valence-electron chi connectivity index (χ1n) is 6.35. The lowest BCUT2D eigenvalue weighted by Crippen LogP contribution is -2.25. The first-order chi connectivity index (χ1) is 8.83. The molecule has 2 heteroatoms. The summed E-state index contributed by atoms with van der Waals surface area (Å²) in [6.07, 6.45) is 1.03. The standard InChI is InChI=1S/C16H19NO/c1-2-15(12-17)18-16-10-8-14(9-11-16)13-6-4-3-5-7-13/h3-11,15H,2,12,17H2,1H3. The van der Waals surface area contributed by atoms with Crippen LogP contribution in [0.2, 0.25) is 0 Å². The fourth-order valence-electron chi connectivity index (χ4n) is 1.85. The smallest absolute Gasteiger partial charge is 0.119 e. The highest BCUT2D eigenvalue weighted by Gasteiger charge is 2.05. The maximum absolute atomic E-state index is 5.78. The van der Waals surface area contributed by atoms with Crippen molar-refractivity contribution in [2.75, 3.05) is 6.54 Å². The third-order valence-electron chi connectivity index (χ3n) is 2.98. The van der Waals surface area contributed by atoms with Gasteiger partial charge in [0.15, 0.2) is 0 Å². The highest BCUT2D eigenvalue weighted by atomic mass is 16.5. The second-order valence-corrected chi connectivity index (χ2v) is 4.27. The van der Waals surface area contributed by atoms with Crippen molar-refractivity contribution in [1.82, 2.24) is 0 Å². The van der Waals surface area contributed by atoms with E-state index in [2.05, 4.69) is 31.2 Å². The Hall–Kier alpha value is -1.80. The Bertz CT molecular complexity index is 460. The Balaban J connectivity index is 2.11. The minimum atomic E-state index is 0.104. The summed E-state index contributed by atoms with van der Waals surface area (Å²) in [4.78, 5) is 0. The van der Waals surface area contributed by atoms with Crippen LogP contribution in [-0.2, 0) is 0 Å². The number of nitrogens with two attached hydrogens (primary N) is 1. The van der Waals surface area contributed by atoms with Crippen LogP contribution in [0.3, 0.4) is 0 Å². The van der Waals surface area contributed by atoms with Crippen LogP contribution in [0.15, 0.2) is 54.6 Å². The summed E-state index contributed by atoms with van der Waals surface area (Å²) >= 11 is 0. The van der Waals surface area contributed by atoms with E-state index in [4.69, 9.17) is 10.5 Å². The molecule has 0 aliphatic rings. The van der Waals surface area contributed by atoms with Crippen LogP contribution in [0, 0.1) is 0 Å². The summed E-state index contributed by atoms with van der Waals surface area (Å²) in [5.74, 6) is 0.881. The van der Waals surface area contributed by atoms with Gasteiger partial charge in [-0.05, 0) is 29.7 Å². The molecule has 2 nitrogen and oxygen atoms in total. The van der Waals surface area contributed by atoms with E-state index in [9.17, 15) is 0 Å². The number of rotatable bonds is 5. The van der Waals surface area contributed by atoms with Crippen LogP contribution in [0.25, 0.3) is 11.1 Å². The lowest BCUT2D eigenvalue weighted by Gasteiger charge is -2.15. The van der Waals surface area contributed by atoms with E-state index in [0.717, 1.165) is 12.2 Å². The molecule has 1 unspecified atom stereocenters. The molecule has 1 atom stereocenters. The van der Waals surface area contributed by atoms with Gasteiger partial charge in [-0.1, -0.05) is 49.4 Å². The normalized spacial score (nSPS) is 12.1. The molecule has 0 fully saturated rings. The highest BCUT2D eigenvalue weighted by Crippen LogP contribution is 2.22. The van der Waals surface area contributed by atoms with E-state index >= 15 is 0 Å². The molecule has 0 saturated heterocycles. The first-order valence-corrected chi connectivity index (χ1v) is 6.35. The van der Waals surface area contributed by atoms with Gasteiger partial charge in [0.05, 0.1) is 0 Å². The minimum Gasteiger partial charge on any atom is -0.489 e. The van der Waals surface area contributed by atoms with Gasteiger partial charge in [-0.2, -0.15) is 0 Å². The topological polar surface area (TPSA) is 35.2 Å². The molecular formula is C16H19NO. The van der Waals surface area contributed by atoms with Crippen molar-refractivity contribution < 1.29 is 4.74 Å². The second-order valence-electron chi connectivity index (χ2n) is 4.27. The van der Waals surface area contributed by atoms with Gasteiger partial charge >= 0.3 is 0 Å². The average Bonchev–Trinajstić information content (AvgIpc) is 2.46. The van der Waals surface area contributed by atoms with Crippen LogP contribution in [0.5, 0.6) is 5.75 Å². The number of hydrogen-bond acceptors (Lipinski definition) is 2. The lowest BCUT2D eigenvalue weighted by atomic mass is 10.1. The van der Waals surface area contributed by atoms with Crippen molar-refractivity contribution >= 4 is 0 Å². The molecule has 0 radical (unpaired) electrons. The van der Waals surface area contributed by atoms with Crippen LogP contribution in [0.4, 0.5) is 0 Å². The number of ether oxygens (including phenoxy) is 1. The van der Waals surface area contributed by atoms with Gasteiger partial charge in [0.1, 0.15) is 11.9 Å². The fraction of sp³-hybridized carbons (Fsp3) is 0.250. The molecule has 18 heavy (non-hydrogen) atoms. The molecule has 2 N–H and O–H groups in total. The van der Waals surface area contributed by atoms with Crippen LogP contribution >= 0.6 is 0 Å². The molecule has 0 amide bonds. The van der Waals surface area contributed by atoms with E-state index < -0.39 is 0 Å². The Morgan fingerprint density at radius 1 is 0.944 bits per heavy atom. The van der Waals surface area contributed by atoms with Crippen LogP contribution in [0.1, 0.15) is 13.3 Å². The second kappa shape index (κ2) is 6.22. The van der Waals surface area contributed by atoms with Gasteiger partial charge in [0, 0.05) is 6.54 Å². The molecule has 0 aromatic heterocycles. The van der Waals surface area contributed by atoms with E-state index in [0.29, 0.717) is 6.54 Å². The molecule has 0 bridgehead atoms. The molecule has 2 rings (SSSR count). The van der Waals surface area contributed by atoms with Crippen molar-refractivity contribution in [3.05, 3.63) is 54.6 Å². The summed E-state index contributed by atoms with van der Waals surface area (Å²) < 4.78 is 5.78. The largest absolute Gasteiger partial charge is 0.489 e. The summed E-state index contributed by atoms with van der Waals surface area (Å²) in [6.45, 7) is 2.63. The predicted molar refractivity (Wildman–Crippen MR) is 75.6 cm³/mol. The zero-order valence-electron chi connectivity index (χ0n) is 10.7. The van der Waals surface area contributed by atoms with Crippen LogP contribution in [-0.4, -0.2) is 12.6 Å². The summed E-state index contributed by atoms with van der Waals surface area (Å²) in [5, 5.41) is 0. The van der Waals surface area contributed by atoms with Crippen molar-refractivity contribution in [3.63, 3.8) is 0 Å². The molecule has 94 valence electrons. The Morgan fingerprint density at radius 2 is 1.56 bits per heavy atom. The fourth-order valence-corrected chi connectivity index (χ4v) is 1.85. The highest BCUT2D eigenvalue weighted by molar-refractivity contribution is 5.63. The molecular weight excluding hydrogens is 222 g/mol. The quantitative estimate of drug-likeness (QED) is 0.870. The SMILES string of the molecule is CCC(CN)Oc1ccc(-c2ccccc2)cc1. The van der Waals surface area contributed by atoms with Crippen molar-refractivity contribution in [3.8, 4) is 16.9 Å². The molecule has 0 aliphatic heterocycles. The maximum Gasteiger partial charge on any atom is 0.119 e. The van der Waals surface area contributed by atoms with Crippen molar-refractivity contribution in [2.45, 2.75) is 19.4 Å². The van der Waals surface area contributed by atoms with Gasteiger partial charge in [0.2, 0.25) is 0 Å². The van der Waals surface area contributed by atoms with Crippen molar-refractivity contribution in [1.29, 1.82) is 0 Å². The molecule has 0 spiro atoms.